The van der Waals surface area contributed by atoms with E-state index in [0.717, 1.165) is 11.3 Å². The number of carboxylic acid groups (broad SMARTS) is 1. The molecule has 0 aliphatic rings. The highest BCUT2D eigenvalue weighted by molar-refractivity contribution is 6.31. The van der Waals surface area contributed by atoms with E-state index in [1.165, 1.54) is 18.2 Å². The maximum Gasteiger partial charge on any atom is 0.185 e. The fourth-order valence-electron chi connectivity index (χ4n) is 2.34. The van der Waals surface area contributed by atoms with Crippen molar-refractivity contribution in [1.82, 2.24) is 9.78 Å². The van der Waals surface area contributed by atoms with E-state index >= 15 is 0 Å². The van der Waals surface area contributed by atoms with Crippen LogP contribution in [0.3, 0.4) is 0 Å². The van der Waals surface area contributed by atoms with E-state index in [9.17, 15) is 14.7 Å². The molecular weight excluding hydrogens is 356 g/mol. The number of allylic oxidation sites excluding steroid dienone is 1. The highest BCUT2D eigenvalue weighted by Crippen LogP contribution is 2.22. The zero-order valence-corrected chi connectivity index (χ0v) is 15.6. The first-order valence-electron chi connectivity index (χ1n) is 8.16. The van der Waals surface area contributed by atoms with Crippen LogP contribution < -0.4 is 9.84 Å². The SMILES string of the molecule is Cc1nn(CC(C)C)c(Cl)c1/C=C/C(=O)c1ccc(OCC(=O)[O-])cc1. The number of ketones is 1. The molecule has 2 aromatic rings. The summed E-state index contributed by atoms with van der Waals surface area (Å²) in [6.45, 7) is 6.16. The molecule has 0 saturated carbocycles. The molecule has 0 saturated heterocycles. The van der Waals surface area contributed by atoms with Crippen LogP contribution in [-0.4, -0.2) is 28.1 Å². The van der Waals surface area contributed by atoms with E-state index in [1.807, 2.05) is 6.92 Å². The number of hydrogen-bond acceptors (Lipinski definition) is 5. The zero-order chi connectivity index (χ0) is 19.3. The number of benzene rings is 1. The molecule has 0 spiro atoms. The number of aliphatic carboxylic acids is 1. The second-order valence-electron chi connectivity index (χ2n) is 6.25. The average molecular weight is 376 g/mol. The van der Waals surface area contributed by atoms with Crippen LogP contribution in [0.25, 0.3) is 6.08 Å². The Balaban J connectivity index is 2.09. The van der Waals surface area contributed by atoms with Crippen LogP contribution in [0.15, 0.2) is 30.3 Å². The van der Waals surface area contributed by atoms with Gasteiger partial charge in [-0.25, -0.2) is 0 Å². The molecule has 0 N–H and O–H groups in total. The fraction of sp³-hybridized carbons (Fsp3) is 0.316. The summed E-state index contributed by atoms with van der Waals surface area (Å²) >= 11 is 6.35. The molecule has 7 heteroatoms. The van der Waals surface area contributed by atoms with Gasteiger partial charge >= 0.3 is 0 Å². The molecule has 1 aromatic heterocycles. The smallest absolute Gasteiger partial charge is 0.185 e. The van der Waals surface area contributed by atoms with Gasteiger partial charge in [-0.3, -0.25) is 9.48 Å². The maximum absolute atomic E-state index is 12.3. The summed E-state index contributed by atoms with van der Waals surface area (Å²) in [6, 6.07) is 6.19. The molecule has 0 atom stereocenters. The van der Waals surface area contributed by atoms with Crippen molar-refractivity contribution in [3.8, 4) is 5.75 Å². The topological polar surface area (TPSA) is 84.2 Å². The summed E-state index contributed by atoms with van der Waals surface area (Å²) in [5.41, 5.74) is 1.92. The zero-order valence-electron chi connectivity index (χ0n) is 14.9. The Morgan fingerprint density at radius 3 is 2.54 bits per heavy atom. The van der Waals surface area contributed by atoms with Crippen LogP contribution in [-0.2, 0) is 11.3 Å². The Morgan fingerprint density at radius 1 is 1.31 bits per heavy atom. The molecule has 0 bridgehead atoms. The van der Waals surface area contributed by atoms with Crippen molar-refractivity contribution in [2.45, 2.75) is 27.3 Å². The summed E-state index contributed by atoms with van der Waals surface area (Å²) < 4.78 is 6.71. The number of hydrogen-bond donors (Lipinski definition) is 0. The third kappa shape index (κ3) is 5.20. The molecule has 26 heavy (non-hydrogen) atoms. The third-order valence-corrected chi connectivity index (χ3v) is 3.94. The normalized spacial score (nSPS) is 11.3. The van der Waals surface area contributed by atoms with Crippen LogP contribution in [0.5, 0.6) is 5.75 Å². The van der Waals surface area contributed by atoms with Crippen LogP contribution in [0, 0.1) is 12.8 Å². The number of carbonyl (C=O) groups is 2. The van der Waals surface area contributed by atoms with E-state index in [1.54, 1.807) is 22.9 Å². The van der Waals surface area contributed by atoms with Crippen molar-refractivity contribution in [3.05, 3.63) is 52.3 Å². The fourth-order valence-corrected chi connectivity index (χ4v) is 2.64. The van der Waals surface area contributed by atoms with Crippen molar-refractivity contribution in [1.29, 1.82) is 0 Å². The van der Waals surface area contributed by atoms with Gasteiger partial charge in [0.2, 0.25) is 0 Å². The van der Waals surface area contributed by atoms with Gasteiger partial charge in [0.05, 0.1) is 11.7 Å². The molecule has 1 aromatic carbocycles. The van der Waals surface area contributed by atoms with Crippen molar-refractivity contribution in [2.75, 3.05) is 6.61 Å². The minimum Gasteiger partial charge on any atom is -0.546 e. The molecule has 0 fully saturated rings. The van der Waals surface area contributed by atoms with Gasteiger partial charge in [0.1, 0.15) is 17.5 Å². The number of aryl methyl sites for hydroxylation is 1. The maximum atomic E-state index is 12.3. The first kappa shape index (κ1) is 19.7. The van der Waals surface area contributed by atoms with Crippen LogP contribution >= 0.6 is 11.6 Å². The molecule has 6 nitrogen and oxygen atoms in total. The number of carbonyl (C=O) groups excluding carboxylic acids is 2. The van der Waals surface area contributed by atoms with E-state index in [2.05, 4.69) is 18.9 Å². The molecule has 0 aliphatic carbocycles. The Kier molecular flexibility index (Phi) is 6.58. The Bertz CT molecular complexity index is 823. The van der Waals surface area contributed by atoms with E-state index in [-0.39, 0.29) is 5.78 Å². The van der Waals surface area contributed by atoms with Gasteiger partial charge in [0.25, 0.3) is 0 Å². The summed E-state index contributed by atoms with van der Waals surface area (Å²) in [4.78, 5) is 22.7. The molecule has 2 rings (SSSR count). The molecule has 0 amide bonds. The van der Waals surface area contributed by atoms with Crippen LogP contribution in [0.1, 0.15) is 35.5 Å². The summed E-state index contributed by atoms with van der Waals surface area (Å²) in [5.74, 6) is -0.756. The minimum absolute atomic E-state index is 0.205. The van der Waals surface area contributed by atoms with Gasteiger partial charge in [-0.1, -0.05) is 25.4 Å². The largest absolute Gasteiger partial charge is 0.546 e. The second kappa shape index (κ2) is 8.67. The van der Waals surface area contributed by atoms with Gasteiger partial charge in [-0.15, -0.1) is 0 Å². The quantitative estimate of drug-likeness (QED) is 0.523. The lowest BCUT2D eigenvalue weighted by atomic mass is 10.1. The van der Waals surface area contributed by atoms with Gasteiger partial charge in [0.15, 0.2) is 5.78 Å². The van der Waals surface area contributed by atoms with Gasteiger partial charge in [0, 0.05) is 17.7 Å². The average Bonchev–Trinajstić information content (AvgIpc) is 2.84. The highest BCUT2D eigenvalue weighted by atomic mass is 35.5. The summed E-state index contributed by atoms with van der Waals surface area (Å²) in [7, 11) is 0. The molecule has 0 unspecified atom stereocenters. The summed E-state index contributed by atoms with van der Waals surface area (Å²) in [6.07, 6.45) is 3.09. The highest BCUT2D eigenvalue weighted by Gasteiger charge is 2.12. The predicted molar refractivity (Wildman–Crippen MR) is 97.1 cm³/mol. The van der Waals surface area contributed by atoms with Gasteiger partial charge < -0.3 is 14.6 Å². The standard InChI is InChI=1S/C19H21ClN2O4/c1-12(2)10-22-19(20)16(13(3)21-22)8-9-17(23)14-4-6-15(7-5-14)26-11-18(24)25/h4-9,12H,10-11H2,1-3H3,(H,24,25)/p-1/b9-8+. The monoisotopic (exact) mass is 375 g/mol. The van der Waals surface area contributed by atoms with Crippen LogP contribution in [0.4, 0.5) is 0 Å². The third-order valence-electron chi connectivity index (χ3n) is 3.54. The number of halogens is 1. The molecule has 0 aliphatic heterocycles. The Hall–Kier alpha value is -2.60. The van der Waals surface area contributed by atoms with Crippen molar-refractivity contribution >= 4 is 29.4 Å². The van der Waals surface area contributed by atoms with Crippen LogP contribution in [0.2, 0.25) is 5.15 Å². The number of carboxylic acids is 1. The Morgan fingerprint density at radius 2 is 1.96 bits per heavy atom. The molecule has 1 heterocycles. The van der Waals surface area contributed by atoms with Crippen molar-refractivity contribution in [2.24, 2.45) is 5.92 Å². The summed E-state index contributed by atoms with van der Waals surface area (Å²) in [5, 5.41) is 15.3. The Labute approximate surface area is 157 Å². The first-order valence-corrected chi connectivity index (χ1v) is 8.53. The second-order valence-corrected chi connectivity index (χ2v) is 6.61. The molecular formula is C19H20ClN2O4-. The number of ether oxygens (including phenoxy) is 1. The van der Waals surface area contributed by atoms with Crippen molar-refractivity contribution < 1.29 is 19.4 Å². The predicted octanol–water partition coefficient (Wildman–Crippen LogP) is 2.53. The lowest BCUT2D eigenvalue weighted by molar-refractivity contribution is -0.307. The molecule has 138 valence electrons. The van der Waals surface area contributed by atoms with E-state index in [4.69, 9.17) is 16.3 Å². The molecule has 0 radical (unpaired) electrons. The first-order chi connectivity index (χ1) is 12.3. The minimum atomic E-state index is -1.31. The van der Waals surface area contributed by atoms with E-state index in [0.29, 0.717) is 28.9 Å². The lowest BCUT2D eigenvalue weighted by Gasteiger charge is -2.06. The lowest BCUT2D eigenvalue weighted by Crippen LogP contribution is -2.28. The van der Waals surface area contributed by atoms with Gasteiger partial charge in [-0.05, 0) is 49.3 Å². The van der Waals surface area contributed by atoms with E-state index < -0.39 is 12.6 Å². The van der Waals surface area contributed by atoms with Gasteiger partial charge in [-0.2, -0.15) is 5.10 Å². The number of nitrogens with zero attached hydrogens (tertiary/aromatic N) is 2. The van der Waals surface area contributed by atoms with Crippen molar-refractivity contribution in [3.63, 3.8) is 0 Å². The number of aromatic nitrogens is 2. The number of rotatable bonds is 8.